The van der Waals surface area contributed by atoms with Gasteiger partial charge in [0, 0.05) is 6.42 Å². The van der Waals surface area contributed by atoms with E-state index in [1.165, 1.54) is 0 Å². The first-order chi connectivity index (χ1) is 10.3. The van der Waals surface area contributed by atoms with Crippen LogP contribution in [0.15, 0.2) is 67.3 Å². The van der Waals surface area contributed by atoms with Crippen LogP contribution in [0, 0.1) is 0 Å². The zero-order valence-electron chi connectivity index (χ0n) is 11.9. The maximum absolute atomic E-state index is 12.0. The van der Waals surface area contributed by atoms with Gasteiger partial charge in [0.1, 0.15) is 12.4 Å². The molecule has 0 saturated carbocycles. The molecule has 2 aromatic rings. The van der Waals surface area contributed by atoms with E-state index in [0.717, 1.165) is 12.0 Å². The Kier molecular flexibility index (Phi) is 5.59. The fourth-order valence-electron chi connectivity index (χ4n) is 1.96. The van der Waals surface area contributed by atoms with E-state index < -0.39 is 0 Å². The van der Waals surface area contributed by atoms with E-state index >= 15 is 0 Å². The Morgan fingerprint density at radius 2 is 1.81 bits per heavy atom. The minimum absolute atomic E-state index is 0.0199. The third kappa shape index (κ3) is 4.80. The number of hydrogen-bond acceptors (Lipinski definition) is 2. The standard InChI is InChI=1S/C18H19NO2/c1-2-14-21-17-11-7-6-10-16(17)19-18(20)13-12-15-8-4-3-5-9-15/h2-11H,1,12-14H2,(H,19,20). The van der Waals surface area contributed by atoms with Gasteiger partial charge in [-0.3, -0.25) is 4.79 Å². The van der Waals surface area contributed by atoms with Crippen LogP contribution in [-0.2, 0) is 11.2 Å². The van der Waals surface area contributed by atoms with Crippen molar-refractivity contribution in [2.45, 2.75) is 12.8 Å². The summed E-state index contributed by atoms with van der Waals surface area (Å²) in [5.74, 6) is 0.638. The van der Waals surface area contributed by atoms with E-state index in [4.69, 9.17) is 4.74 Å². The highest BCUT2D eigenvalue weighted by Crippen LogP contribution is 2.23. The molecule has 1 N–H and O–H groups in total. The van der Waals surface area contributed by atoms with Crippen LogP contribution in [0.2, 0.25) is 0 Å². The average molecular weight is 281 g/mol. The Labute approximate surface area is 125 Å². The summed E-state index contributed by atoms with van der Waals surface area (Å²) in [4.78, 5) is 12.0. The number of rotatable bonds is 7. The highest BCUT2D eigenvalue weighted by atomic mass is 16.5. The molecular weight excluding hydrogens is 262 g/mol. The van der Waals surface area contributed by atoms with Gasteiger partial charge in [0.15, 0.2) is 0 Å². The van der Waals surface area contributed by atoms with Crippen molar-refractivity contribution in [3.05, 3.63) is 72.8 Å². The second-order valence-electron chi connectivity index (χ2n) is 4.63. The molecule has 1 amide bonds. The minimum atomic E-state index is -0.0199. The van der Waals surface area contributed by atoms with E-state index in [2.05, 4.69) is 11.9 Å². The molecule has 2 rings (SSSR count). The van der Waals surface area contributed by atoms with E-state index in [1.54, 1.807) is 6.08 Å². The Bertz CT molecular complexity index is 593. The maximum atomic E-state index is 12.0. The molecule has 3 heteroatoms. The van der Waals surface area contributed by atoms with Crippen molar-refractivity contribution in [1.82, 2.24) is 0 Å². The summed E-state index contributed by atoms with van der Waals surface area (Å²) in [5.41, 5.74) is 1.85. The van der Waals surface area contributed by atoms with Gasteiger partial charge in [-0.1, -0.05) is 55.1 Å². The normalized spacial score (nSPS) is 9.90. The average Bonchev–Trinajstić information content (AvgIpc) is 2.53. The monoisotopic (exact) mass is 281 g/mol. The van der Waals surface area contributed by atoms with Gasteiger partial charge in [-0.25, -0.2) is 0 Å². The highest BCUT2D eigenvalue weighted by molar-refractivity contribution is 5.92. The fraction of sp³-hybridized carbons (Fsp3) is 0.167. The number of benzene rings is 2. The number of carbonyl (C=O) groups is 1. The minimum Gasteiger partial charge on any atom is -0.487 e. The summed E-state index contributed by atoms with van der Waals surface area (Å²) >= 11 is 0. The molecule has 0 aliphatic heterocycles. The zero-order chi connectivity index (χ0) is 14.9. The number of carbonyl (C=O) groups excluding carboxylic acids is 1. The van der Waals surface area contributed by atoms with Crippen molar-refractivity contribution in [3.63, 3.8) is 0 Å². The summed E-state index contributed by atoms with van der Waals surface area (Å²) in [5, 5.41) is 2.89. The molecule has 108 valence electrons. The lowest BCUT2D eigenvalue weighted by atomic mass is 10.1. The van der Waals surface area contributed by atoms with Gasteiger partial charge in [0.25, 0.3) is 0 Å². The van der Waals surface area contributed by atoms with Crippen molar-refractivity contribution in [3.8, 4) is 5.75 Å². The quantitative estimate of drug-likeness (QED) is 0.783. The van der Waals surface area contributed by atoms with E-state index in [-0.39, 0.29) is 5.91 Å². The molecule has 0 saturated heterocycles. The predicted molar refractivity (Wildman–Crippen MR) is 85.5 cm³/mol. The van der Waals surface area contributed by atoms with Crippen LogP contribution in [0.4, 0.5) is 5.69 Å². The number of ether oxygens (including phenoxy) is 1. The first-order valence-corrected chi connectivity index (χ1v) is 6.96. The molecule has 21 heavy (non-hydrogen) atoms. The van der Waals surface area contributed by atoms with Gasteiger partial charge in [0.05, 0.1) is 5.69 Å². The van der Waals surface area contributed by atoms with E-state index in [1.807, 2.05) is 54.6 Å². The van der Waals surface area contributed by atoms with E-state index in [0.29, 0.717) is 24.5 Å². The zero-order valence-corrected chi connectivity index (χ0v) is 11.9. The molecule has 0 aliphatic carbocycles. The van der Waals surface area contributed by atoms with Crippen molar-refractivity contribution in [2.75, 3.05) is 11.9 Å². The van der Waals surface area contributed by atoms with E-state index in [9.17, 15) is 4.79 Å². The molecule has 0 radical (unpaired) electrons. The molecule has 0 bridgehead atoms. The Hall–Kier alpha value is -2.55. The van der Waals surface area contributed by atoms with Gasteiger partial charge in [0.2, 0.25) is 5.91 Å². The van der Waals surface area contributed by atoms with Gasteiger partial charge in [-0.05, 0) is 24.1 Å². The smallest absolute Gasteiger partial charge is 0.224 e. The van der Waals surface area contributed by atoms with Crippen molar-refractivity contribution >= 4 is 11.6 Å². The summed E-state index contributed by atoms with van der Waals surface area (Å²) in [6.45, 7) is 4.03. The Balaban J connectivity index is 1.91. The van der Waals surface area contributed by atoms with Gasteiger partial charge in [-0.2, -0.15) is 0 Å². The Morgan fingerprint density at radius 3 is 2.57 bits per heavy atom. The van der Waals surface area contributed by atoms with Crippen molar-refractivity contribution in [2.24, 2.45) is 0 Å². The van der Waals surface area contributed by atoms with Crippen LogP contribution in [0.1, 0.15) is 12.0 Å². The summed E-state index contributed by atoms with van der Waals surface area (Å²) in [7, 11) is 0. The van der Waals surface area contributed by atoms with Crippen LogP contribution in [-0.4, -0.2) is 12.5 Å². The van der Waals surface area contributed by atoms with Crippen molar-refractivity contribution in [1.29, 1.82) is 0 Å². The first-order valence-electron chi connectivity index (χ1n) is 6.96. The van der Waals surface area contributed by atoms with Crippen molar-refractivity contribution < 1.29 is 9.53 Å². The number of amides is 1. The molecular formula is C18H19NO2. The maximum Gasteiger partial charge on any atom is 0.224 e. The summed E-state index contributed by atoms with van der Waals surface area (Å²) in [6, 6.07) is 17.4. The SMILES string of the molecule is C=CCOc1ccccc1NC(=O)CCc1ccccc1. The lowest BCUT2D eigenvalue weighted by Crippen LogP contribution is -2.13. The molecule has 0 heterocycles. The Morgan fingerprint density at radius 1 is 1.10 bits per heavy atom. The molecule has 0 fully saturated rings. The largest absolute Gasteiger partial charge is 0.487 e. The second kappa shape index (κ2) is 7.90. The summed E-state index contributed by atoms with van der Waals surface area (Å²) in [6.07, 6.45) is 2.84. The number of hydrogen-bond donors (Lipinski definition) is 1. The van der Waals surface area contributed by atoms with Crippen LogP contribution in [0.5, 0.6) is 5.75 Å². The third-order valence-corrected chi connectivity index (χ3v) is 3.00. The third-order valence-electron chi connectivity index (χ3n) is 3.00. The highest BCUT2D eigenvalue weighted by Gasteiger charge is 2.07. The molecule has 0 atom stereocenters. The van der Waals surface area contributed by atoms with Gasteiger partial charge < -0.3 is 10.1 Å². The lowest BCUT2D eigenvalue weighted by molar-refractivity contribution is -0.116. The number of para-hydroxylation sites is 2. The van der Waals surface area contributed by atoms with Gasteiger partial charge in [-0.15, -0.1) is 0 Å². The van der Waals surface area contributed by atoms with Gasteiger partial charge >= 0.3 is 0 Å². The number of aryl methyl sites for hydroxylation is 1. The number of anilines is 1. The fourth-order valence-corrected chi connectivity index (χ4v) is 1.96. The number of nitrogens with one attached hydrogen (secondary N) is 1. The molecule has 0 spiro atoms. The molecule has 0 aliphatic rings. The van der Waals surface area contributed by atoms with Crippen LogP contribution in [0.3, 0.4) is 0 Å². The topological polar surface area (TPSA) is 38.3 Å². The lowest BCUT2D eigenvalue weighted by Gasteiger charge is -2.11. The van der Waals surface area contributed by atoms with Crippen LogP contribution >= 0.6 is 0 Å². The molecule has 0 unspecified atom stereocenters. The van der Waals surface area contributed by atoms with Crippen LogP contribution < -0.4 is 10.1 Å². The summed E-state index contributed by atoms with van der Waals surface area (Å²) < 4.78 is 5.52. The molecule has 2 aromatic carbocycles. The predicted octanol–water partition coefficient (Wildman–Crippen LogP) is 3.82. The second-order valence-corrected chi connectivity index (χ2v) is 4.63. The molecule has 3 nitrogen and oxygen atoms in total. The first kappa shape index (κ1) is 14.9. The molecule has 0 aromatic heterocycles. The van der Waals surface area contributed by atoms with Crippen LogP contribution in [0.25, 0.3) is 0 Å².